The number of aromatic nitrogens is 1. The largest absolute Gasteiger partial charge is 0.389 e. The number of carbonyl (C=O) groups is 2. The number of ether oxygens (including phenoxy) is 1. The van der Waals surface area contributed by atoms with Crippen molar-refractivity contribution in [1.29, 1.82) is 0 Å². The summed E-state index contributed by atoms with van der Waals surface area (Å²) in [6.45, 7) is 5.19. The van der Waals surface area contributed by atoms with Gasteiger partial charge in [0.25, 0.3) is 5.91 Å². The molecule has 2 rings (SSSR count). The van der Waals surface area contributed by atoms with E-state index in [4.69, 9.17) is 16.2 Å². The Bertz CT molecular complexity index is 788. The van der Waals surface area contributed by atoms with Gasteiger partial charge in [0.2, 0.25) is 5.91 Å². The van der Waals surface area contributed by atoms with Gasteiger partial charge in [0.1, 0.15) is 5.00 Å². The standard InChI is InChI=1S/C17H24N6O3S/c1-10-15(19)27-17(21-10)23-16(25)13-4-3-12(9-14(13)22-11(2)24)20-6-8-26-7-5-18/h3-4,9,20H,5-8,18-19H2,1-2H3,(H,22,24)(H,21,23,25). The zero-order valence-corrected chi connectivity index (χ0v) is 16.1. The highest BCUT2D eigenvalue weighted by Gasteiger charge is 2.15. The van der Waals surface area contributed by atoms with Crippen LogP contribution in [0.4, 0.5) is 21.5 Å². The molecule has 10 heteroatoms. The van der Waals surface area contributed by atoms with Crippen LogP contribution in [0.1, 0.15) is 23.0 Å². The van der Waals surface area contributed by atoms with E-state index < -0.39 is 0 Å². The van der Waals surface area contributed by atoms with Crippen molar-refractivity contribution >= 4 is 44.7 Å². The van der Waals surface area contributed by atoms with Crippen LogP contribution in [-0.2, 0) is 9.53 Å². The summed E-state index contributed by atoms with van der Waals surface area (Å²) in [7, 11) is 0. The molecule has 0 bridgehead atoms. The zero-order valence-electron chi connectivity index (χ0n) is 15.3. The number of aryl methyl sites for hydroxylation is 1. The third-order valence-corrected chi connectivity index (χ3v) is 4.37. The molecule has 0 atom stereocenters. The summed E-state index contributed by atoms with van der Waals surface area (Å²) >= 11 is 1.19. The number of nitrogens with zero attached hydrogens (tertiary/aromatic N) is 1. The number of nitrogens with one attached hydrogen (secondary N) is 3. The average Bonchev–Trinajstić information content (AvgIpc) is 2.91. The lowest BCUT2D eigenvalue weighted by Gasteiger charge is -2.13. The fraction of sp³-hybridized carbons (Fsp3) is 0.353. The van der Waals surface area contributed by atoms with Crippen LogP contribution in [0.25, 0.3) is 0 Å². The van der Waals surface area contributed by atoms with Gasteiger partial charge in [0.05, 0.1) is 30.2 Å². The number of nitrogen functional groups attached to an aromatic ring is 1. The minimum atomic E-state index is -0.384. The number of benzene rings is 1. The Labute approximate surface area is 161 Å². The van der Waals surface area contributed by atoms with Crippen LogP contribution in [0.2, 0.25) is 0 Å². The van der Waals surface area contributed by atoms with E-state index in [1.54, 1.807) is 25.1 Å². The first-order chi connectivity index (χ1) is 12.9. The fourth-order valence-corrected chi connectivity index (χ4v) is 2.95. The van der Waals surface area contributed by atoms with Crippen molar-refractivity contribution in [2.45, 2.75) is 13.8 Å². The second-order valence-electron chi connectivity index (χ2n) is 5.69. The first kappa shape index (κ1) is 20.6. The molecule has 0 aliphatic heterocycles. The summed E-state index contributed by atoms with van der Waals surface area (Å²) in [4.78, 5) is 28.3. The van der Waals surface area contributed by atoms with Gasteiger partial charge in [-0.15, -0.1) is 0 Å². The number of hydrogen-bond acceptors (Lipinski definition) is 8. The third-order valence-electron chi connectivity index (χ3n) is 3.47. The first-order valence-corrected chi connectivity index (χ1v) is 9.20. The van der Waals surface area contributed by atoms with E-state index in [2.05, 4.69) is 20.9 Å². The van der Waals surface area contributed by atoms with Crippen LogP contribution in [0.15, 0.2) is 18.2 Å². The Balaban J connectivity index is 2.11. The SMILES string of the molecule is CC(=O)Nc1cc(NCCOCCN)ccc1C(=O)Nc1nc(C)c(N)s1. The summed E-state index contributed by atoms with van der Waals surface area (Å²) < 4.78 is 5.30. The Morgan fingerprint density at radius 2 is 2.04 bits per heavy atom. The quantitative estimate of drug-likeness (QED) is 0.408. The zero-order chi connectivity index (χ0) is 19.8. The van der Waals surface area contributed by atoms with E-state index in [1.807, 2.05) is 0 Å². The predicted octanol–water partition coefficient (Wildman–Crippen LogP) is 1.63. The first-order valence-electron chi connectivity index (χ1n) is 8.38. The summed E-state index contributed by atoms with van der Waals surface area (Å²) in [5.74, 6) is -0.660. The van der Waals surface area contributed by atoms with E-state index in [-0.39, 0.29) is 11.8 Å². The molecular formula is C17H24N6O3S. The van der Waals surface area contributed by atoms with Crippen molar-refractivity contribution in [3.05, 3.63) is 29.5 Å². The Morgan fingerprint density at radius 1 is 1.26 bits per heavy atom. The van der Waals surface area contributed by atoms with Crippen LogP contribution in [-0.4, -0.2) is 43.1 Å². The van der Waals surface area contributed by atoms with Gasteiger partial charge < -0.3 is 26.8 Å². The van der Waals surface area contributed by atoms with E-state index >= 15 is 0 Å². The summed E-state index contributed by atoms with van der Waals surface area (Å²) in [5, 5.41) is 9.50. The highest BCUT2D eigenvalue weighted by atomic mass is 32.1. The van der Waals surface area contributed by atoms with Crippen LogP contribution < -0.4 is 27.4 Å². The summed E-state index contributed by atoms with van der Waals surface area (Å²) in [6.07, 6.45) is 0. The molecule has 0 unspecified atom stereocenters. The lowest BCUT2D eigenvalue weighted by molar-refractivity contribution is -0.114. The van der Waals surface area contributed by atoms with E-state index in [0.29, 0.717) is 53.4 Å². The fourth-order valence-electron chi connectivity index (χ4n) is 2.22. The highest BCUT2D eigenvalue weighted by molar-refractivity contribution is 7.19. The Kier molecular flexibility index (Phi) is 7.53. The van der Waals surface area contributed by atoms with Gasteiger partial charge in [0, 0.05) is 25.7 Å². The molecule has 146 valence electrons. The summed E-state index contributed by atoms with van der Waals surface area (Å²) in [6, 6.07) is 5.08. The summed E-state index contributed by atoms with van der Waals surface area (Å²) in [5.41, 5.74) is 13.3. The lowest BCUT2D eigenvalue weighted by Crippen LogP contribution is -2.17. The lowest BCUT2D eigenvalue weighted by atomic mass is 10.1. The van der Waals surface area contributed by atoms with Crippen LogP contribution in [0.3, 0.4) is 0 Å². The molecule has 7 N–H and O–H groups in total. The van der Waals surface area contributed by atoms with Crippen molar-refractivity contribution in [3.63, 3.8) is 0 Å². The van der Waals surface area contributed by atoms with Crippen LogP contribution in [0.5, 0.6) is 0 Å². The molecule has 1 heterocycles. The number of rotatable bonds is 9. The normalized spacial score (nSPS) is 10.5. The molecule has 0 spiro atoms. The monoisotopic (exact) mass is 392 g/mol. The van der Waals surface area contributed by atoms with Gasteiger partial charge in [-0.3, -0.25) is 14.9 Å². The molecule has 1 aromatic carbocycles. The van der Waals surface area contributed by atoms with Gasteiger partial charge in [-0.25, -0.2) is 4.98 Å². The number of carbonyl (C=O) groups excluding carboxylic acids is 2. The van der Waals surface area contributed by atoms with Gasteiger partial charge in [-0.05, 0) is 25.1 Å². The molecule has 27 heavy (non-hydrogen) atoms. The van der Waals surface area contributed by atoms with Crippen molar-refractivity contribution < 1.29 is 14.3 Å². The second-order valence-corrected chi connectivity index (χ2v) is 6.72. The Morgan fingerprint density at radius 3 is 2.67 bits per heavy atom. The van der Waals surface area contributed by atoms with Crippen molar-refractivity contribution in [2.75, 3.05) is 48.0 Å². The minimum absolute atomic E-state index is 0.276. The molecule has 1 aromatic heterocycles. The van der Waals surface area contributed by atoms with Crippen LogP contribution >= 0.6 is 11.3 Å². The maximum Gasteiger partial charge on any atom is 0.259 e. The average molecular weight is 392 g/mol. The van der Waals surface area contributed by atoms with Crippen molar-refractivity contribution in [2.24, 2.45) is 5.73 Å². The number of amides is 2. The molecule has 0 saturated carbocycles. The van der Waals surface area contributed by atoms with Crippen LogP contribution in [0, 0.1) is 6.92 Å². The highest BCUT2D eigenvalue weighted by Crippen LogP contribution is 2.27. The number of anilines is 4. The number of hydrogen-bond donors (Lipinski definition) is 5. The van der Waals surface area contributed by atoms with Crippen molar-refractivity contribution in [1.82, 2.24) is 4.98 Å². The van der Waals surface area contributed by atoms with Crippen molar-refractivity contribution in [3.8, 4) is 0 Å². The minimum Gasteiger partial charge on any atom is -0.389 e. The van der Waals surface area contributed by atoms with E-state index in [1.165, 1.54) is 18.3 Å². The molecular weight excluding hydrogens is 368 g/mol. The van der Waals surface area contributed by atoms with E-state index in [9.17, 15) is 9.59 Å². The van der Waals surface area contributed by atoms with Gasteiger partial charge in [0.15, 0.2) is 5.13 Å². The smallest absolute Gasteiger partial charge is 0.259 e. The maximum atomic E-state index is 12.6. The number of thiazole rings is 1. The topological polar surface area (TPSA) is 144 Å². The van der Waals surface area contributed by atoms with Gasteiger partial charge >= 0.3 is 0 Å². The molecule has 0 saturated heterocycles. The molecule has 0 aliphatic rings. The molecule has 2 aromatic rings. The Hall–Kier alpha value is -2.69. The molecule has 0 radical (unpaired) electrons. The van der Waals surface area contributed by atoms with Gasteiger partial charge in [-0.2, -0.15) is 0 Å². The third kappa shape index (κ3) is 6.20. The molecule has 0 aliphatic carbocycles. The maximum absolute atomic E-state index is 12.6. The van der Waals surface area contributed by atoms with Gasteiger partial charge in [-0.1, -0.05) is 11.3 Å². The van der Waals surface area contributed by atoms with E-state index in [0.717, 1.165) is 5.69 Å². The molecule has 9 nitrogen and oxygen atoms in total. The molecule has 2 amide bonds. The predicted molar refractivity (Wildman–Crippen MR) is 108 cm³/mol. The molecule has 0 fully saturated rings. The second kappa shape index (κ2) is 9.86. The number of nitrogens with two attached hydrogens (primary N) is 2.